The van der Waals surface area contributed by atoms with Crippen molar-refractivity contribution < 1.29 is 25.2 Å². The summed E-state index contributed by atoms with van der Waals surface area (Å²) in [5.41, 5.74) is 0. The summed E-state index contributed by atoms with van der Waals surface area (Å²) in [4.78, 5) is 0. The number of aliphatic hydroxyl groups is 4. The van der Waals surface area contributed by atoms with E-state index in [2.05, 4.69) is 6.58 Å². The van der Waals surface area contributed by atoms with Gasteiger partial charge in [-0.15, -0.1) is 6.58 Å². The molecule has 13 heavy (non-hydrogen) atoms. The van der Waals surface area contributed by atoms with E-state index >= 15 is 0 Å². The average molecular weight is 190 g/mol. The maximum Gasteiger partial charge on any atom is 0.112 e. The standard InChI is InChI=1S/C8H14O5/c1-2-4-6(10)8(12)7(11)5(3-9)13-4/h2,4-12H,1,3H2/t4-,5?,6?,7-,8?/m0/s1. The van der Waals surface area contributed by atoms with E-state index < -0.39 is 37.1 Å². The van der Waals surface area contributed by atoms with Crippen molar-refractivity contribution in [2.45, 2.75) is 30.5 Å². The third-order valence-corrected chi connectivity index (χ3v) is 2.16. The van der Waals surface area contributed by atoms with Crippen molar-refractivity contribution in [1.29, 1.82) is 0 Å². The van der Waals surface area contributed by atoms with Crippen LogP contribution in [0.15, 0.2) is 12.7 Å². The lowest BCUT2D eigenvalue weighted by molar-refractivity contribution is -0.216. The van der Waals surface area contributed by atoms with Gasteiger partial charge in [-0.3, -0.25) is 0 Å². The van der Waals surface area contributed by atoms with Gasteiger partial charge in [0.2, 0.25) is 0 Å². The van der Waals surface area contributed by atoms with Gasteiger partial charge < -0.3 is 25.2 Å². The molecule has 1 rings (SSSR count). The molecule has 1 saturated heterocycles. The Morgan fingerprint density at radius 1 is 1.15 bits per heavy atom. The number of ether oxygens (including phenoxy) is 1. The summed E-state index contributed by atoms with van der Waals surface area (Å²) in [6.45, 7) is 3.00. The van der Waals surface area contributed by atoms with Gasteiger partial charge in [0.05, 0.1) is 6.61 Å². The van der Waals surface area contributed by atoms with Crippen molar-refractivity contribution >= 4 is 0 Å². The van der Waals surface area contributed by atoms with Gasteiger partial charge in [-0.2, -0.15) is 0 Å². The molecule has 1 heterocycles. The number of rotatable bonds is 2. The molecule has 5 heteroatoms. The van der Waals surface area contributed by atoms with Crippen LogP contribution in [0.4, 0.5) is 0 Å². The lowest BCUT2D eigenvalue weighted by Gasteiger charge is -2.38. The molecule has 5 atom stereocenters. The van der Waals surface area contributed by atoms with Crippen LogP contribution in [-0.2, 0) is 4.74 Å². The van der Waals surface area contributed by atoms with Crippen molar-refractivity contribution in [3.8, 4) is 0 Å². The fraction of sp³-hybridized carbons (Fsp3) is 0.750. The van der Waals surface area contributed by atoms with E-state index in [-0.39, 0.29) is 0 Å². The van der Waals surface area contributed by atoms with Crippen LogP contribution >= 0.6 is 0 Å². The summed E-state index contributed by atoms with van der Waals surface area (Å²) in [5.74, 6) is 0. The SMILES string of the molecule is C=C[C@@H]1OC(CO)[C@H](O)C(O)C1O. The molecule has 0 spiro atoms. The molecule has 1 aliphatic heterocycles. The topological polar surface area (TPSA) is 90.2 Å². The third-order valence-electron chi connectivity index (χ3n) is 2.16. The molecule has 0 aromatic rings. The van der Waals surface area contributed by atoms with Gasteiger partial charge in [0, 0.05) is 0 Å². The fourth-order valence-corrected chi connectivity index (χ4v) is 1.33. The van der Waals surface area contributed by atoms with E-state index in [0.29, 0.717) is 0 Å². The molecule has 0 bridgehead atoms. The molecule has 0 saturated carbocycles. The van der Waals surface area contributed by atoms with Gasteiger partial charge in [-0.05, 0) is 0 Å². The second kappa shape index (κ2) is 4.17. The summed E-state index contributed by atoms with van der Waals surface area (Å²) < 4.78 is 5.05. The van der Waals surface area contributed by atoms with Gasteiger partial charge in [0.15, 0.2) is 0 Å². The van der Waals surface area contributed by atoms with Crippen LogP contribution in [0.1, 0.15) is 0 Å². The molecule has 5 nitrogen and oxygen atoms in total. The number of hydrogen-bond donors (Lipinski definition) is 4. The lowest BCUT2D eigenvalue weighted by atomic mass is 9.95. The fourth-order valence-electron chi connectivity index (χ4n) is 1.33. The van der Waals surface area contributed by atoms with Crippen LogP contribution in [0.5, 0.6) is 0 Å². The maximum absolute atomic E-state index is 9.33. The highest BCUT2D eigenvalue weighted by molar-refractivity contribution is 4.98. The average Bonchev–Trinajstić information content (AvgIpc) is 2.15. The van der Waals surface area contributed by atoms with Crippen LogP contribution in [0.25, 0.3) is 0 Å². The summed E-state index contributed by atoms with van der Waals surface area (Å²) in [6, 6.07) is 0. The Balaban J connectivity index is 2.71. The predicted octanol–water partition coefficient (Wildman–Crippen LogP) is -1.99. The molecule has 0 aromatic heterocycles. The van der Waals surface area contributed by atoms with Gasteiger partial charge in [0.25, 0.3) is 0 Å². The van der Waals surface area contributed by atoms with Crippen LogP contribution in [-0.4, -0.2) is 57.6 Å². The molecular weight excluding hydrogens is 176 g/mol. The van der Waals surface area contributed by atoms with Gasteiger partial charge >= 0.3 is 0 Å². The molecule has 4 N–H and O–H groups in total. The summed E-state index contributed by atoms with van der Waals surface area (Å²) in [5, 5.41) is 36.7. The molecule has 1 aliphatic rings. The third kappa shape index (κ3) is 1.90. The largest absolute Gasteiger partial charge is 0.394 e. The monoisotopic (exact) mass is 190 g/mol. The van der Waals surface area contributed by atoms with Crippen molar-refractivity contribution in [2.75, 3.05) is 6.61 Å². The zero-order valence-electron chi connectivity index (χ0n) is 7.08. The first-order valence-corrected chi connectivity index (χ1v) is 4.05. The lowest BCUT2D eigenvalue weighted by Crippen LogP contribution is -2.57. The quantitative estimate of drug-likeness (QED) is 0.379. The van der Waals surface area contributed by atoms with Crippen LogP contribution in [0.3, 0.4) is 0 Å². The highest BCUT2D eigenvalue weighted by atomic mass is 16.5. The van der Waals surface area contributed by atoms with Crippen molar-refractivity contribution in [2.24, 2.45) is 0 Å². The van der Waals surface area contributed by atoms with Crippen molar-refractivity contribution in [3.63, 3.8) is 0 Å². The number of aliphatic hydroxyl groups excluding tert-OH is 4. The molecule has 3 unspecified atom stereocenters. The second-order valence-electron chi connectivity index (χ2n) is 3.03. The minimum atomic E-state index is -1.31. The Kier molecular flexibility index (Phi) is 3.40. The zero-order valence-corrected chi connectivity index (χ0v) is 7.08. The van der Waals surface area contributed by atoms with E-state index in [1.807, 2.05) is 0 Å². The molecule has 76 valence electrons. The smallest absolute Gasteiger partial charge is 0.112 e. The first-order chi connectivity index (χ1) is 6.11. The second-order valence-corrected chi connectivity index (χ2v) is 3.03. The van der Waals surface area contributed by atoms with Crippen LogP contribution < -0.4 is 0 Å². The first kappa shape index (κ1) is 10.6. The van der Waals surface area contributed by atoms with Gasteiger partial charge in [0.1, 0.15) is 30.5 Å². The van der Waals surface area contributed by atoms with E-state index in [0.717, 1.165) is 0 Å². The van der Waals surface area contributed by atoms with Gasteiger partial charge in [-0.1, -0.05) is 6.08 Å². The molecule has 0 radical (unpaired) electrons. The maximum atomic E-state index is 9.33. The van der Waals surface area contributed by atoms with E-state index in [1.54, 1.807) is 0 Å². The number of hydrogen-bond acceptors (Lipinski definition) is 5. The molecular formula is C8H14O5. The summed E-state index contributed by atoms with van der Waals surface area (Å²) in [6.07, 6.45) is -4.08. The molecule has 1 fully saturated rings. The Morgan fingerprint density at radius 2 is 1.77 bits per heavy atom. The van der Waals surface area contributed by atoms with E-state index in [1.165, 1.54) is 6.08 Å². The predicted molar refractivity (Wildman–Crippen MR) is 44.0 cm³/mol. The Bertz CT molecular complexity index is 181. The van der Waals surface area contributed by atoms with Crippen molar-refractivity contribution in [1.82, 2.24) is 0 Å². The van der Waals surface area contributed by atoms with Gasteiger partial charge in [-0.25, -0.2) is 0 Å². The minimum Gasteiger partial charge on any atom is -0.394 e. The summed E-state index contributed by atoms with van der Waals surface area (Å²) >= 11 is 0. The molecule has 0 amide bonds. The highest BCUT2D eigenvalue weighted by Gasteiger charge is 2.41. The molecule has 0 aromatic carbocycles. The zero-order chi connectivity index (χ0) is 10.0. The van der Waals surface area contributed by atoms with Crippen LogP contribution in [0.2, 0.25) is 0 Å². The summed E-state index contributed by atoms with van der Waals surface area (Å²) in [7, 11) is 0. The van der Waals surface area contributed by atoms with Crippen molar-refractivity contribution in [3.05, 3.63) is 12.7 Å². The Hall–Kier alpha value is -0.460. The Morgan fingerprint density at radius 3 is 2.23 bits per heavy atom. The normalized spacial score (nSPS) is 46.0. The molecule has 0 aliphatic carbocycles. The Labute approximate surface area is 75.9 Å². The van der Waals surface area contributed by atoms with Crippen LogP contribution in [0, 0.1) is 0 Å². The first-order valence-electron chi connectivity index (χ1n) is 4.05. The minimum absolute atomic E-state index is 0.407. The van der Waals surface area contributed by atoms with E-state index in [4.69, 9.17) is 9.84 Å². The van der Waals surface area contributed by atoms with E-state index in [9.17, 15) is 15.3 Å². The highest BCUT2D eigenvalue weighted by Crippen LogP contribution is 2.21.